The maximum Gasteiger partial charge on any atom is 0.170 e. The van der Waals surface area contributed by atoms with Gasteiger partial charge in [0.1, 0.15) is 0 Å². The molecular formula is C12H15NO. The van der Waals surface area contributed by atoms with Crippen LogP contribution in [0.1, 0.15) is 30.6 Å². The molecule has 1 aromatic rings. The molecule has 0 aromatic carbocycles. The summed E-state index contributed by atoms with van der Waals surface area (Å²) in [5, 5.41) is 0. The first-order chi connectivity index (χ1) is 6.75. The summed E-state index contributed by atoms with van der Waals surface area (Å²) in [5.74, 6) is 0.0713. The standard InChI is InChI=1S/C12H15NO/c1-3-4-6-10(2)12(14)11-7-5-8-13-9-11/h4-10H,3H2,1-2H3/b6-4+/t10-/m1/s1. The van der Waals surface area contributed by atoms with E-state index in [0.29, 0.717) is 5.56 Å². The first kappa shape index (κ1) is 10.6. The zero-order chi connectivity index (χ0) is 10.4. The number of pyridine rings is 1. The lowest BCUT2D eigenvalue weighted by atomic mass is 10.0. The monoisotopic (exact) mass is 189 g/mol. The maximum atomic E-state index is 11.8. The number of ketones is 1. The predicted octanol–water partition coefficient (Wildman–Crippen LogP) is 2.87. The van der Waals surface area contributed by atoms with Crippen molar-refractivity contribution in [1.29, 1.82) is 0 Å². The molecule has 0 saturated heterocycles. The molecule has 1 atom stereocenters. The van der Waals surface area contributed by atoms with Crippen LogP contribution in [-0.2, 0) is 0 Å². The van der Waals surface area contributed by atoms with Crippen LogP contribution in [0.25, 0.3) is 0 Å². The molecule has 1 aromatic heterocycles. The molecule has 0 spiro atoms. The second kappa shape index (κ2) is 5.32. The van der Waals surface area contributed by atoms with Crippen LogP contribution in [-0.4, -0.2) is 10.8 Å². The Bertz CT molecular complexity index is 316. The molecule has 1 heterocycles. The van der Waals surface area contributed by atoms with E-state index in [1.807, 2.05) is 19.1 Å². The number of aromatic nitrogens is 1. The van der Waals surface area contributed by atoms with Crippen molar-refractivity contribution in [2.24, 2.45) is 5.92 Å². The summed E-state index contributed by atoms with van der Waals surface area (Å²) in [4.78, 5) is 15.7. The Kier molecular flexibility index (Phi) is 4.05. The van der Waals surface area contributed by atoms with Crippen molar-refractivity contribution < 1.29 is 4.79 Å². The number of carbonyl (C=O) groups excluding carboxylic acids is 1. The van der Waals surface area contributed by atoms with E-state index < -0.39 is 0 Å². The van der Waals surface area contributed by atoms with E-state index in [1.165, 1.54) is 0 Å². The molecule has 0 bridgehead atoms. The van der Waals surface area contributed by atoms with Crippen molar-refractivity contribution in [2.75, 3.05) is 0 Å². The Balaban J connectivity index is 2.71. The summed E-state index contributed by atoms with van der Waals surface area (Å²) >= 11 is 0. The van der Waals surface area contributed by atoms with Crippen molar-refractivity contribution in [3.05, 3.63) is 42.2 Å². The van der Waals surface area contributed by atoms with Crippen molar-refractivity contribution in [2.45, 2.75) is 20.3 Å². The van der Waals surface area contributed by atoms with Gasteiger partial charge in [-0.15, -0.1) is 0 Å². The number of allylic oxidation sites excluding steroid dienone is 2. The molecule has 0 amide bonds. The van der Waals surface area contributed by atoms with E-state index in [4.69, 9.17) is 0 Å². The van der Waals surface area contributed by atoms with Crippen LogP contribution in [0.15, 0.2) is 36.7 Å². The zero-order valence-electron chi connectivity index (χ0n) is 8.60. The van der Waals surface area contributed by atoms with E-state index in [-0.39, 0.29) is 11.7 Å². The molecule has 0 aliphatic rings. The Morgan fingerprint density at radius 2 is 2.43 bits per heavy atom. The quantitative estimate of drug-likeness (QED) is 0.538. The van der Waals surface area contributed by atoms with Gasteiger partial charge >= 0.3 is 0 Å². The van der Waals surface area contributed by atoms with E-state index in [2.05, 4.69) is 11.9 Å². The first-order valence-corrected chi connectivity index (χ1v) is 4.86. The van der Waals surface area contributed by atoms with Crippen LogP contribution in [0.3, 0.4) is 0 Å². The number of Topliss-reactive ketones (excluding diaryl/α,β-unsaturated/α-hetero) is 1. The highest BCUT2D eigenvalue weighted by Crippen LogP contribution is 2.08. The van der Waals surface area contributed by atoms with Crippen LogP contribution < -0.4 is 0 Å². The van der Waals surface area contributed by atoms with Crippen molar-refractivity contribution >= 4 is 5.78 Å². The highest BCUT2D eigenvalue weighted by Gasteiger charge is 2.11. The van der Waals surface area contributed by atoms with Crippen LogP contribution in [0.5, 0.6) is 0 Å². The second-order valence-corrected chi connectivity index (χ2v) is 3.23. The van der Waals surface area contributed by atoms with Crippen LogP contribution in [0.2, 0.25) is 0 Å². The molecule has 0 aliphatic heterocycles. The fourth-order valence-corrected chi connectivity index (χ4v) is 1.20. The zero-order valence-corrected chi connectivity index (χ0v) is 8.60. The summed E-state index contributed by atoms with van der Waals surface area (Å²) < 4.78 is 0. The molecular weight excluding hydrogens is 174 g/mol. The molecule has 0 N–H and O–H groups in total. The minimum atomic E-state index is -0.0563. The Morgan fingerprint density at radius 1 is 1.64 bits per heavy atom. The van der Waals surface area contributed by atoms with Gasteiger partial charge in [0.15, 0.2) is 5.78 Å². The largest absolute Gasteiger partial charge is 0.293 e. The number of rotatable bonds is 4. The average molecular weight is 189 g/mol. The lowest BCUT2D eigenvalue weighted by Gasteiger charge is -2.04. The van der Waals surface area contributed by atoms with Gasteiger partial charge in [-0.25, -0.2) is 0 Å². The second-order valence-electron chi connectivity index (χ2n) is 3.23. The van der Waals surface area contributed by atoms with Gasteiger partial charge in [0.25, 0.3) is 0 Å². The van der Waals surface area contributed by atoms with E-state index in [1.54, 1.807) is 24.5 Å². The molecule has 0 radical (unpaired) electrons. The molecule has 2 nitrogen and oxygen atoms in total. The van der Waals surface area contributed by atoms with Gasteiger partial charge in [0, 0.05) is 23.9 Å². The maximum absolute atomic E-state index is 11.8. The molecule has 0 unspecified atom stereocenters. The molecule has 0 fully saturated rings. The predicted molar refractivity (Wildman–Crippen MR) is 57.2 cm³/mol. The summed E-state index contributed by atoms with van der Waals surface area (Å²) in [5.41, 5.74) is 0.681. The minimum absolute atomic E-state index is 0.0563. The fourth-order valence-electron chi connectivity index (χ4n) is 1.20. The van der Waals surface area contributed by atoms with Gasteiger partial charge in [-0.1, -0.05) is 26.0 Å². The third-order valence-corrected chi connectivity index (χ3v) is 2.02. The molecule has 1 rings (SSSR count). The Morgan fingerprint density at radius 3 is 3.00 bits per heavy atom. The fraction of sp³-hybridized carbons (Fsp3) is 0.333. The van der Waals surface area contributed by atoms with E-state index in [9.17, 15) is 4.79 Å². The topological polar surface area (TPSA) is 30.0 Å². The van der Waals surface area contributed by atoms with Gasteiger partial charge in [-0.3, -0.25) is 9.78 Å². The lowest BCUT2D eigenvalue weighted by molar-refractivity contribution is 0.0953. The van der Waals surface area contributed by atoms with Crippen LogP contribution in [0, 0.1) is 5.92 Å². The van der Waals surface area contributed by atoms with Crippen molar-refractivity contribution in [3.63, 3.8) is 0 Å². The summed E-state index contributed by atoms with van der Waals surface area (Å²) in [6, 6.07) is 3.58. The molecule has 0 aliphatic carbocycles. The molecule has 0 saturated carbocycles. The lowest BCUT2D eigenvalue weighted by Crippen LogP contribution is -2.08. The van der Waals surface area contributed by atoms with Crippen LogP contribution in [0.4, 0.5) is 0 Å². The number of hydrogen-bond acceptors (Lipinski definition) is 2. The van der Waals surface area contributed by atoms with Gasteiger partial charge in [-0.2, -0.15) is 0 Å². The highest BCUT2D eigenvalue weighted by atomic mass is 16.1. The normalized spacial score (nSPS) is 13.0. The third kappa shape index (κ3) is 2.80. The minimum Gasteiger partial charge on any atom is -0.293 e. The number of nitrogens with zero attached hydrogens (tertiary/aromatic N) is 1. The summed E-state index contributed by atoms with van der Waals surface area (Å²) in [6.07, 6.45) is 8.20. The van der Waals surface area contributed by atoms with Crippen LogP contribution >= 0.6 is 0 Å². The van der Waals surface area contributed by atoms with E-state index >= 15 is 0 Å². The summed E-state index contributed by atoms with van der Waals surface area (Å²) in [7, 11) is 0. The van der Waals surface area contributed by atoms with Crippen molar-refractivity contribution in [3.8, 4) is 0 Å². The molecule has 14 heavy (non-hydrogen) atoms. The summed E-state index contributed by atoms with van der Waals surface area (Å²) in [6.45, 7) is 3.96. The van der Waals surface area contributed by atoms with Crippen molar-refractivity contribution in [1.82, 2.24) is 4.98 Å². The molecule has 2 heteroatoms. The average Bonchev–Trinajstić information content (AvgIpc) is 2.26. The number of carbonyl (C=O) groups is 1. The van der Waals surface area contributed by atoms with Gasteiger partial charge in [-0.05, 0) is 18.6 Å². The Hall–Kier alpha value is -1.44. The molecule has 74 valence electrons. The smallest absolute Gasteiger partial charge is 0.170 e. The SMILES string of the molecule is CC/C=C/[C@@H](C)C(=O)c1cccnc1. The third-order valence-electron chi connectivity index (χ3n) is 2.02. The Labute approximate surface area is 84.7 Å². The first-order valence-electron chi connectivity index (χ1n) is 4.86. The number of hydrogen-bond donors (Lipinski definition) is 0. The van der Waals surface area contributed by atoms with Gasteiger partial charge < -0.3 is 0 Å². The van der Waals surface area contributed by atoms with E-state index in [0.717, 1.165) is 6.42 Å². The highest BCUT2D eigenvalue weighted by molar-refractivity contribution is 5.98. The van der Waals surface area contributed by atoms with Gasteiger partial charge in [0.2, 0.25) is 0 Å². The van der Waals surface area contributed by atoms with Gasteiger partial charge in [0.05, 0.1) is 0 Å².